The van der Waals surface area contributed by atoms with Gasteiger partial charge < -0.3 is 9.16 Å². The van der Waals surface area contributed by atoms with Crippen molar-refractivity contribution < 1.29 is 14.0 Å². The lowest BCUT2D eigenvalue weighted by Gasteiger charge is -2.36. The Bertz CT molecular complexity index is 902. The fourth-order valence-corrected chi connectivity index (χ4v) is 4.68. The van der Waals surface area contributed by atoms with Crippen molar-refractivity contribution in [3.8, 4) is 23.3 Å². The molecule has 0 amide bonds. The third-order valence-electron chi connectivity index (χ3n) is 4.96. The predicted octanol–water partition coefficient (Wildman–Crippen LogP) is 6.89. The van der Waals surface area contributed by atoms with Gasteiger partial charge in [0, 0.05) is 23.3 Å². The topological polar surface area (TPSA) is 35.5 Å². The molecule has 0 heterocycles. The number of esters is 1. The Morgan fingerprint density at radius 1 is 1.09 bits per heavy atom. The Balaban J connectivity index is 3.14. The standard InChI is InChI=1S/C26H38O3SSi2/c1-22(27)29-24(18-13-14-21-31(5,6)7)25(30-23-16-11-10-12-17-23)19-15-20-28-32(8,9)26(2,3)4/h10-12,16-17,19,24H,15,20H2,1-9H3/b25-19-/t24-/m1/s1. The molecule has 6 heteroatoms. The van der Waals surface area contributed by atoms with Crippen LogP contribution in [0.25, 0.3) is 0 Å². The Kier molecular flexibility index (Phi) is 11.1. The van der Waals surface area contributed by atoms with Crippen LogP contribution in [0, 0.1) is 23.3 Å². The van der Waals surface area contributed by atoms with Crippen LogP contribution >= 0.6 is 11.8 Å². The van der Waals surface area contributed by atoms with Crippen LogP contribution in [0.4, 0.5) is 0 Å². The third kappa shape index (κ3) is 11.2. The molecule has 0 aliphatic carbocycles. The maximum Gasteiger partial charge on any atom is 0.304 e. The summed E-state index contributed by atoms with van der Waals surface area (Å²) in [5.41, 5.74) is 3.24. The van der Waals surface area contributed by atoms with Gasteiger partial charge in [0.15, 0.2) is 14.4 Å². The largest absolute Gasteiger partial charge is 0.444 e. The number of carbonyl (C=O) groups is 1. The fraction of sp³-hybridized carbons (Fsp3) is 0.500. The molecule has 0 aromatic heterocycles. The van der Waals surface area contributed by atoms with Gasteiger partial charge in [0.2, 0.25) is 0 Å². The summed E-state index contributed by atoms with van der Waals surface area (Å²) >= 11 is 1.56. The number of hydrogen-bond acceptors (Lipinski definition) is 4. The summed E-state index contributed by atoms with van der Waals surface area (Å²) in [6.45, 7) is 19.8. The van der Waals surface area contributed by atoms with Crippen molar-refractivity contribution in [3.63, 3.8) is 0 Å². The molecule has 0 aliphatic rings. The normalized spacial score (nSPS) is 13.3. The second-order valence-electron chi connectivity index (χ2n) is 10.2. The molecule has 0 saturated heterocycles. The average molecular weight is 487 g/mol. The van der Waals surface area contributed by atoms with Crippen LogP contribution in [-0.2, 0) is 14.0 Å². The van der Waals surface area contributed by atoms with E-state index < -0.39 is 22.5 Å². The molecule has 0 aliphatic heterocycles. The van der Waals surface area contributed by atoms with Gasteiger partial charge in [-0.05, 0) is 54.4 Å². The summed E-state index contributed by atoms with van der Waals surface area (Å²) in [5.74, 6) is 8.57. The third-order valence-corrected chi connectivity index (χ3v) is 11.5. The maximum atomic E-state index is 11.8. The van der Waals surface area contributed by atoms with Gasteiger partial charge in [0.05, 0.1) is 0 Å². The first kappa shape index (κ1) is 28.3. The van der Waals surface area contributed by atoms with Gasteiger partial charge in [-0.25, -0.2) is 0 Å². The monoisotopic (exact) mass is 486 g/mol. The molecular formula is C26H38O3SSi2. The van der Waals surface area contributed by atoms with Crippen molar-refractivity contribution in [3.05, 3.63) is 41.3 Å². The predicted molar refractivity (Wildman–Crippen MR) is 143 cm³/mol. The Hall–Kier alpha value is -1.71. The molecule has 0 N–H and O–H groups in total. The first-order valence-electron chi connectivity index (χ1n) is 11.0. The average Bonchev–Trinajstić information content (AvgIpc) is 2.65. The number of rotatable bonds is 8. The molecule has 0 spiro atoms. The second kappa shape index (κ2) is 12.5. The van der Waals surface area contributed by atoms with E-state index in [9.17, 15) is 4.79 Å². The van der Waals surface area contributed by atoms with Crippen molar-refractivity contribution >= 4 is 34.1 Å². The van der Waals surface area contributed by atoms with E-state index in [-0.39, 0.29) is 11.0 Å². The van der Waals surface area contributed by atoms with E-state index in [1.54, 1.807) is 11.8 Å². The smallest absolute Gasteiger partial charge is 0.304 e. The summed E-state index contributed by atoms with van der Waals surface area (Å²) in [4.78, 5) is 13.7. The van der Waals surface area contributed by atoms with Crippen LogP contribution in [0.5, 0.6) is 0 Å². The van der Waals surface area contributed by atoms with Crippen LogP contribution < -0.4 is 0 Å². The molecule has 0 fully saturated rings. The molecule has 1 aromatic rings. The lowest BCUT2D eigenvalue weighted by molar-refractivity contribution is -0.142. The SMILES string of the molecule is CC(=O)O[C@H](C#CC#C[Si](C)(C)C)/C(=C/CCO[Si](C)(C)C(C)(C)C)Sc1ccccc1. The number of carbonyl (C=O) groups excluding carboxylic acids is 1. The van der Waals surface area contributed by atoms with Crippen molar-refractivity contribution in [1.29, 1.82) is 0 Å². The lowest BCUT2D eigenvalue weighted by atomic mass is 10.2. The molecule has 1 atom stereocenters. The number of hydrogen-bond donors (Lipinski definition) is 0. The Labute approximate surface area is 201 Å². The van der Waals surface area contributed by atoms with Crippen molar-refractivity contribution in [1.82, 2.24) is 0 Å². The summed E-state index contributed by atoms with van der Waals surface area (Å²) in [5, 5.41) is 0.166. The minimum Gasteiger partial charge on any atom is -0.444 e. The highest BCUT2D eigenvalue weighted by atomic mass is 32.2. The minimum atomic E-state index is -1.81. The summed E-state index contributed by atoms with van der Waals surface area (Å²) in [7, 11) is -3.32. The molecule has 32 heavy (non-hydrogen) atoms. The van der Waals surface area contributed by atoms with E-state index in [4.69, 9.17) is 9.16 Å². The Morgan fingerprint density at radius 2 is 1.72 bits per heavy atom. The lowest BCUT2D eigenvalue weighted by Crippen LogP contribution is -2.40. The quantitative estimate of drug-likeness (QED) is 0.132. The molecular weight excluding hydrogens is 449 g/mol. The molecule has 0 radical (unpaired) electrons. The van der Waals surface area contributed by atoms with E-state index in [0.717, 1.165) is 16.2 Å². The van der Waals surface area contributed by atoms with Gasteiger partial charge in [0.25, 0.3) is 0 Å². The molecule has 1 rings (SSSR count). The molecule has 0 unspecified atom stereocenters. The van der Waals surface area contributed by atoms with E-state index in [1.807, 2.05) is 30.3 Å². The second-order valence-corrected chi connectivity index (χ2v) is 20.9. The number of thioether (sulfide) groups is 1. The number of benzene rings is 1. The summed E-state index contributed by atoms with van der Waals surface area (Å²) in [6.07, 6.45) is 2.15. The maximum absolute atomic E-state index is 11.8. The van der Waals surface area contributed by atoms with Crippen molar-refractivity contribution in [2.24, 2.45) is 0 Å². The van der Waals surface area contributed by atoms with Crippen LogP contribution in [0.1, 0.15) is 34.1 Å². The van der Waals surface area contributed by atoms with E-state index in [1.165, 1.54) is 6.92 Å². The first-order valence-corrected chi connectivity index (χ1v) is 18.2. The Morgan fingerprint density at radius 3 is 2.25 bits per heavy atom. The van der Waals surface area contributed by atoms with E-state index in [2.05, 4.69) is 82.9 Å². The highest BCUT2D eigenvalue weighted by Gasteiger charge is 2.36. The molecule has 174 valence electrons. The van der Waals surface area contributed by atoms with Crippen molar-refractivity contribution in [2.45, 2.75) is 82.9 Å². The van der Waals surface area contributed by atoms with Gasteiger partial charge in [-0.2, -0.15) is 0 Å². The first-order chi connectivity index (χ1) is 14.7. The van der Waals surface area contributed by atoms with Crippen LogP contribution in [0.2, 0.25) is 37.8 Å². The van der Waals surface area contributed by atoms with Gasteiger partial charge >= 0.3 is 5.97 Å². The van der Waals surface area contributed by atoms with Gasteiger partial charge in [0.1, 0.15) is 8.07 Å². The molecule has 1 aromatic carbocycles. The van der Waals surface area contributed by atoms with E-state index in [0.29, 0.717) is 6.61 Å². The highest BCUT2D eigenvalue weighted by molar-refractivity contribution is 8.03. The molecule has 0 bridgehead atoms. The van der Waals surface area contributed by atoms with Gasteiger partial charge in [-0.1, -0.05) is 76.4 Å². The number of ether oxygens (including phenoxy) is 1. The van der Waals surface area contributed by atoms with Crippen LogP contribution in [0.15, 0.2) is 46.2 Å². The van der Waals surface area contributed by atoms with Crippen LogP contribution in [0.3, 0.4) is 0 Å². The van der Waals surface area contributed by atoms with Gasteiger partial charge in [-0.15, -0.1) is 5.54 Å². The van der Waals surface area contributed by atoms with Crippen molar-refractivity contribution in [2.75, 3.05) is 6.61 Å². The highest BCUT2D eigenvalue weighted by Crippen LogP contribution is 2.37. The minimum absolute atomic E-state index is 0.166. The van der Waals surface area contributed by atoms with E-state index >= 15 is 0 Å². The zero-order chi connectivity index (χ0) is 24.4. The van der Waals surface area contributed by atoms with Gasteiger partial charge in [-0.3, -0.25) is 4.79 Å². The summed E-state index contributed by atoms with van der Waals surface area (Å²) in [6, 6.07) is 10.0. The zero-order valence-corrected chi connectivity index (χ0v) is 23.9. The summed E-state index contributed by atoms with van der Waals surface area (Å²) < 4.78 is 11.9. The zero-order valence-electron chi connectivity index (χ0n) is 21.1. The fourth-order valence-electron chi connectivity index (χ4n) is 2.20. The van der Waals surface area contributed by atoms with Crippen LogP contribution in [-0.4, -0.2) is 35.1 Å². The molecule has 3 nitrogen and oxygen atoms in total. The molecule has 0 saturated carbocycles.